The van der Waals surface area contributed by atoms with Gasteiger partial charge in [-0.3, -0.25) is 4.79 Å². The molecule has 0 aliphatic heterocycles. The molecule has 4 nitrogen and oxygen atoms in total. The largest absolute Gasteiger partial charge is 0.370 e. The lowest BCUT2D eigenvalue weighted by Crippen LogP contribution is -2.16. The highest BCUT2D eigenvalue weighted by Gasteiger charge is 2.26. The summed E-state index contributed by atoms with van der Waals surface area (Å²) in [6.45, 7) is 5.21. The van der Waals surface area contributed by atoms with E-state index in [9.17, 15) is 4.79 Å². The lowest BCUT2D eigenvalue weighted by molar-refractivity contribution is 0.592. The smallest absolute Gasteiger partial charge is 0.252 e. The van der Waals surface area contributed by atoms with Gasteiger partial charge in [-0.2, -0.15) is 0 Å². The van der Waals surface area contributed by atoms with Crippen molar-refractivity contribution < 1.29 is 0 Å². The van der Waals surface area contributed by atoms with Crippen molar-refractivity contribution in [1.82, 2.24) is 9.97 Å². The molecule has 1 aromatic heterocycles. The quantitative estimate of drug-likeness (QED) is 0.800. The predicted molar refractivity (Wildman–Crippen MR) is 64.8 cm³/mol. The molecule has 1 aliphatic carbocycles. The zero-order chi connectivity index (χ0) is 11.5. The van der Waals surface area contributed by atoms with Crippen molar-refractivity contribution in [1.29, 1.82) is 0 Å². The summed E-state index contributed by atoms with van der Waals surface area (Å²) in [5.41, 5.74) is -0.0523. The van der Waals surface area contributed by atoms with Crippen molar-refractivity contribution in [2.45, 2.75) is 39.0 Å². The molecule has 1 saturated carbocycles. The van der Waals surface area contributed by atoms with Crippen LogP contribution in [0.5, 0.6) is 0 Å². The van der Waals surface area contributed by atoms with E-state index in [1.165, 1.54) is 6.07 Å². The zero-order valence-electron chi connectivity index (χ0n) is 9.92. The molecule has 1 aliphatic rings. The Kier molecular flexibility index (Phi) is 3.27. The number of hydrogen-bond acceptors (Lipinski definition) is 3. The van der Waals surface area contributed by atoms with Crippen LogP contribution in [0.25, 0.3) is 0 Å². The summed E-state index contributed by atoms with van der Waals surface area (Å²) in [6.07, 6.45) is 3.43. The molecule has 1 aromatic rings. The Hall–Kier alpha value is -1.32. The molecular weight excluding hydrogens is 202 g/mol. The Bertz CT molecular complexity index is 409. The third-order valence-electron chi connectivity index (χ3n) is 3.05. The maximum Gasteiger partial charge on any atom is 0.252 e. The van der Waals surface area contributed by atoms with Gasteiger partial charge in [0.25, 0.3) is 5.56 Å². The number of rotatable bonds is 5. The van der Waals surface area contributed by atoms with Crippen LogP contribution in [-0.4, -0.2) is 16.5 Å². The van der Waals surface area contributed by atoms with Crippen LogP contribution in [0, 0.1) is 5.92 Å². The van der Waals surface area contributed by atoms with Crippen molar-refractivity contribution in [3.05, 3.63) is 22.2 Å². The molecule has 16 heavy (non-hydrogen) atoms. The number of anilines is 1. The highest BCUT2D eigenvalue weighted by atomic mass is 16.1. The van der Waals surface area contributed by atoms with Crippen molar-refractivity contribution in [3.8, 4) is 0 Å². The summed E-state index contributed by atoms with van der Waals surface area (Å²) in [6, 6.07) is 1.54. The standard InChI is InChI=1S/C12H19N3O/c1-3-8(2)7-13-10-6-11(16)15-12(14-10)9-4-5-9/h6,8-9H,3-5,7H2,1-2H3,(H2,13,14,15,16). The van der Waals surface area contributed by atoms with Gasteiger partial charge in [-0.05, 0) is 18.8 Å². The normalized spacial score (nSPS) is 17.1. The van der Waals surface area contributed by atoms with E-state index in [1.807, 2.05) is 0 Å². The number of nitrogens with zero attached hydrogens (tertiary/aromatic N) is 1. The average Bonchev–Trinajstić information content (AvgIpc) is 3.09. The number of H-pyrrole nitrogens is 1. The van der Waals surface area contributed by atoms with Gasteiger partial charge in [0.1, 0.15) is 11.6 Å². The molecule has 2 rings (SSSR count). The molecule has 0 radical (unpaired) electrons. The fraction of sp³-hybridized carbons (Fsp3) is 0.667. The monoisotopic (exact) mass is 221 g/mol. The van der Waals surface area contributed by atoms with Crippen molar-refractivity contribution in [3.63, 3.8) is 0 Å². The Balaban J connectivity index is 2.05. The highest BCUT2D eigenvalue weighted by molar-refractivity contribution is 5.33. The summed E-state index contributed by atoms with van der Waals surface area (Å²) < 4.78 is 0. The van der Waals surface area contributed by atoms with E-state index < -0.39 is 0 Å². The lowest BCUT2D eigenvalue weighted by Gasteiger charge is -2.10. The van der Waals surface area contributed by atoms with Gasteiger partial charge in [0.05, 0.1) is 0 Å². The Labute approximate surface area is 95.5 Å². The van der Waals surface area contributed by atoms with Crippen molar-refractivity contribution in [2.75, 3.05) is 11.9 Å². The Morgan fingerprint density at radius 1 is 1.62 bits per heavy atom. The maximum absolute atomic E-state index is 11.4. The molecule has 1 fully saturated rings. The molecule has 0 bridgehead atoms. The van der Waals surface area contributed by atoms with Gasteiger partial charge >= 0.3 is 0 Å². The van der Waals surface area contributed by atoms with Gasteiger partial charge in [-0.25, -0.2) is 4.98 Å². The van der Waals surface area contributed by atoms with Crippen LogP contribution in [0.3, 0.4) is 0 Å². The fourth-order valence-electron chi connectivity index (χ4n) is 1.54. The van der Waals surface area contributed by atoms with E-state index in [0.717, 1.165) is 31.6 Å². The number of hydrogen-bond donors (Lipinski definition) is 2. The van der Waals surface area contributed by atoms with E-state index in [0.29, 0.717) is 17.7 Å². The van der Waals surface area contributed by atoms with E-state index in [-0.39, 0.29) is 5.56 Å². The third-order valence-corrected chi connectivity index (χ3v) is 3.05. The molecule has 1 heterocycles. The van der Waals surface area contributed by atoms with Crippen LogP contribution in [0.2, 0.25) is 0 Å². The molecule has 2 N–H and O–H groups in total. The second kappa shape index (κ2) is 4.68. The highest BCUT2D eigenvalue weighted by Crippen LogP contribution is 2.37. The van der Waals surface area contributed by atoms with Gasteiger partial charge in [0.15, 0.2) is 0 Å². The number of aromatic nitrogens is 2. The number of nitrogens with one attached hydrogen (secondary N) is 2. The first-order valence-corrected chi connectivity index (χ1v) is 6.04. The van der Waals surface area contributed by atoms with Crippen LogP contribution in [0.15, 0.2) is 10.9 Å². The first-order valence-electron chi connectivity index (χ1n) is 6.04. The van der Waals surface area contributed by atoms with Gasteiger partial charge in [0, 0.05) is 18.5 Å². The van der Waals surface area contributed by atoms with Gasteiger partial charge in [0.2, 0.25) is 0 Å². The van der Waals surface area contributed by atoms with Gasteiger partial charge in [-0.15, -0.1) is 0 Å². The second-order valence-corrected chi connectivity index (χ2v) is 4.68. The molecular formula is C12H19N3O. The van der Waals surface area contributed by atoms with E-state index in [1.54, 1.807) is 0 Å². The lowest BCUT2D eigenvalue weighted by atomic mass is 10.1. The predicted octanol–water partition coefficient (Wildman–Crippen LogP) is 2.11. The molecule has 1 unspecified atom stereocenters. The average molecular weight is 221 g/mol. The summed E-state index contributed by atoms with van der Waals surface area (Å²) in [7, 11) is 0. The molecule has 0 spiro atoms. The van der Waals surface area contributed by atoms with Crippen LogP contribution in [-0.2, 0) is 0 Å². The molecule has 0 saturated heterocycles. The Morgan fingerprint density at radius 3 is 3.00 bits per heavy atom. The first-order chi connectivity index (χ1) is 7.69. The van der Waals surface area contributed by atoms with E-state index in [2.05, 4.69) is 29.1 Å². The van der Waals surface area contributed by atoms with Crippen LogP contribution in [0.1, 0.15) is 44.9 Å². The van der Waals surface area contributed by atoms with Crippen LogP contribution >= 0.6 is 0 Å². The summed E-state index contributed by atoms with van der Waals surface area (Å²) in [5.74, 6) is 2.65. The number of aromatic amines is 1. The van der Waals surface area contributed by atoms with Gasteiger partial charge < -0.3 is 10.3 Å². The van der Waals surface area contributed by atoms with Crippen LogP contribution < -0.4 is 10.9 Å². The molecule has 4 heteroatoms. The van der Waals surface area contributed by atoms with Gasteiger partial charge in [-0.1, -0.05) is 20.3 Å². The maximum atomic E-state index is 11.4. The van der Waals surface area contributed by atoms with Crippen molar-refractivity contribution in [2.24, 2.45) is 5.92 Å². The summed E-state index contributed by atoms with van der Waals surface area (Å²) >= 11 is 0. The first kappa shape index (κ1) is 11.2. The molecule has 88 valence electrons. The molecule has 0 aromatic carbocycles. The summed E-state index contributed by atoms with van der Waals surface area (Å²) in [5, 5.41) is 3.23. The molecule has 0 amide bonds. The summed E-state index contributed by atoms with van der Waals surface area (Å²) in [4.78, 5) is 18.7. The Morgan fingerprint density at radius 2 is 2.38 bits per heavy atom. The minimum absolute atomic E-state index is 0.0523. The SMILES string of the molecule is CCC(C)CNc1cc(=O)[nH]c(C2CC2)n1. The minimum Gasteiger partial charge on any atom is -0.370 e. The molecule has 1 atom stereocenters. The third kappa shape index (κ3) is 2.84. The zero-order valence-corrected chi connectivity index (χ0v) is 9.92. The fourth-order valence-corrected chi connectivity index (χ4v) is 1.54. The van der Waals surface area contributed by atoms with Crippen molar-refractivity contribution >= 4 is 5.82 Å². The minimum atomic E-state index is -0.0523. The van der Waals surface area contributed by atoms with E-state index in [4.69, 9.17) is 0 Å². The van der Waals surface area contributed by atoms with E-state index >= 15 is 0 Å². The van der Waals surface area contributed by atoms with Crippen LogP contribution in [0.4, 0.5) is 5.82 Å². The second-order valence-electron chi connectivity index (χ2n) is 4.68. The topological polar surface area (TPSA) is 57.8 Å².